The highest BCUT2D eigenvalue weighted by molar-refractivity contribution is 5.89. The number of fused-ring (bicyclic) bond motifs is 4. The van der Waals surface area contributed by atoms with Crippen molar-refractivity contribution in [1.29, 1.82) is 0 Å². The smallest absolute Gasteiger partial charge is 0.508 e. The number of aryl methyl sites for hydroxylation is 2. The Balaban J connectivity index is 1.64. The Morgan fingerprint density at radius 1 is 1.24 bits per heavy atom. The summed E-state index contributed by atoms with van der Waals surface area (Å²) >= 11 is 0. The van der Waals surface area contributed by atoms with Gasteiger partial charge in [0.15, 0.2) is 0 Å². The number of esters is 1. The summed E-state index contributed by atoms with van der Waals surface area (Å²) in [6.07, 6.45) is -0.490. The molecule has 0 saturated carbocycles. The highest BCUT2D eigenvalue weighted by Gasteiger charge is 2.28. The van der Waals surface area contributed by atoms with Gasteiger partial charge in [0.05, 0.1) is 29.0 Å². The van der Waals surface area contributed by atoms with Crippen LogP contribution in [-0.4, -0.2) is 32.8 Å². The van der Waals surface area contributed by atoms with Crippen molar-refractivity contribution >= 4 is 23.0 Å². The molecule has 34 heavy (non-hydrogen) atoms. The minimum absolute atomic E-state index is 0.159. The number of ether oxygens (including phenoxy) is 2. The number of pyridine rings is 2. The molecule has 1 atom stereocenters. The summed E-state index contributed by atoms with van der Waals surface area (Å²) in [5, 5.41) is 10.8. The molecule has 0 bridgehead atoms. The minimum Gasteiger partial charge on any atom is -0.508 e. The maximum absolute atomic E-state index is 13.3. The third-order valence-electron chi connectivity index (χ3n) is 6.23. The zero-order valence-electron chi connectivity index (χ0n) is 19.5. The molecule has 0 spiro atoms. The van der Waals surface area contributed by atoms with E-state index in [0.717, 1.165) is 27.7 Å². The maximum Gasteiger partial charge on any atom is 0.516 e. The van der Waals surface area contributed by atoms with Crippen LogP contribution in [-0.2, 0) is 33.8 Å². The molecule has 3 aromatic rings. The number of benzene rings is 1. The lowest BCUT2D eigenvalue weighted by molar-refractivity contribution is -0.142. The van der Waals surface area contributed by atoms with Crippen LogP contribution in [0.2, 0.25) is 0 Å². The van der Waals surface area contributed by atoms with Crippen LogP contribution in [0.5, 0.6) is 5.75 Å². The number of carbonyl (C=O) groups is 2. The average molecular weight is 466 g/mol. The fraction of sp³-hybridized carbons (Fsp3) is 0.360. The third-order valence-corrected chi connectivity index (χ3v) is 6.23. The zero-order chi connectivity index (χ0) is 24.7. The van der Waals surface area contributed by atoms with E-state index in [-0.39, 0.29) is 29.4 Å². The van der Waals surface area contributed by atoms with Crippen LogP contribution in [0.25, 0.3) is 22.3 Å². The van der Waals surface area contributed by atoms with Gasteiger partial charge in [-0.2, -0.15) is 0 Å². The topological polar surface area (TPSA) is 134 Å². The van der Waals surface area contributed by atoms with E-state index >= 15 is 0 Å². The Kier molecular flexibility index (Phi) is 6.14. The second kappa shape index (κ2) is 8.90. The van der Waals surface area contributed by atoms with E-state index in [4.69, 9.17) is 15.5 Å². The Hall–Kier alpha value is -3.72. The van der Waals surface area contributed by atoms with Gasteiger partial charge in [-0.05, 0) is 54.7 Å². The molecule has 9 nitrogen and oxygen atoms in total. The van der Waals surface area contributed by atoms with E-state index in [2.05, 4.69) is 4.74 Å². The number of nitrogens with zero attached hydrogens (tertiary/aromatic N) is 2. The van der Waals surface area contributed by atoms with Crippen molar-refractivity contribution in [1.82, 2.24) is 9.55 Å². The lowest BCUT2D eigenvalue weighted by atomic mass is 9.98. The monoisotopic (exact) mass is 465 g/mol. The van der Waals surface area contributed by atoms with Crippen LogP contribution < -0.4 is 11.3 Å². The zero-order valence-corrected chi connectivity index (χ0v) is 19.5. The summed E-state index contributed by atoms with van der Waals surface area (Å²) in [6.45, 7) is 7.22. The first kappa shape index (κ1) is 23.4. The van der Waals surface area contributed by atoms with Gasteiger partial charge in [-0.15, -0.1) is 0 Å². The van der Waals surface area contributed by atoms with Crippen LogP contribution in [0, 0.1) is 12.8 Å². The van der Waals surface area contributed by atoms with Gasteiger partial charge < -0.3 is 24.9 Å². The minimum atomic E-state index is -1.20. The first-order valence-electron chi connectivity index (χ1n) is 11.1. The fourth-order valence-electron chi connectivity index (χ4n) is 4.22. The summed E-state index contributed by atoms with van der Waals surface area (Å²) in [6, 6.07) is 5.94. The van der Waals surface area contributed by atoms with Crippen LogP contribution in [0.15, 0.2) is 29.1 Å². The molecule has 0 saturated heterocycles. The van der Waals surface area contributed by atoms with Crippen molar-refractivity contribution < 1.29 is 24.2 Å². The van der Waals surface area contributed by atoms with Crippen LogP contribution in [0.1, 0.15) is 43.0 Å². The van der Waals surface area contributed by atoms with Crippen molar-refractivity contribution in [2.75, 3.05) is 0 Å². The highest BCUT2D eigenvalue weighted by Crippen LogP contribution is 2.37. The van der Waals surface area contributed by atoms with Crippen molar-refractivity contribution in [3.63, 3.8) is 0 Å². The molecule has 1 unspecified atom stereocenters. The van der Waals surface area contributed by atoms with E-state index in [9.17, 15) is 19.5 Å². The first-order chi connectivity index (χ1) is 16.1. The van der Waals surface area contributed by atoms with Crippen LogP contribution in [0.4, 0.5) is 4.79 Å². The predicted octanol–water partition coefficient (Wildman–Crippen LogP) is 3.16. The number of phenolic OH excluding ortho intramolecular Hbond substituents is 1. The first-order valence-corrected chi connectivity index (χ1v) is 11.1. The van der Waals surface area contributed by atoms with Crippen molar-refractivity contribution in [3.8, 4) is 17.1 Å². The van der Waals surface area contributed by atoms with E-state index in [1.54, 1.807) is 43.5 Å². The molecular weight excluding hydrogens is 438 g/mol. The largest absolute Gasteiger partial charge is 0.516 e. The van der Waals surface area contributed by atoms with Crippen molar-refractivity contribution in [3.05, 3.63) is 56.9 Å². The second-order valence-electron chi connectivity index (χ2n) is 8.78. The van der Waals surface area contributed by atoms with Gasteiger partial charge in [0.25, 0.3) is 5.56 Å². The Labute approximate surface area is 196 Å². The molecule has 0 fully saturated rings. The van der Waals surface area contributed by atoms with Gasteiger partial charge >= 0.3 is 12.1 Å². The SMILES string of the molecule is CCc1c2c(nc3ccc(O)cc13)-c1cc(C)c(COC(=O)OC(=O)C(N)C(C)C)c(=O)n1C2. The summed E-state index contributed by atoms with van der Waals surface area (Å²) in [4.78, 5) is 41.9. The summed E-state index contributed by atoms with van der Waals surface area (Å²) < 4.78 is 11.3. The summed E-state index contributed by atoms with van der Waals surface area (Å²) in [5.74, 6) is -0.923. The Bertz CT molecular complexity index is 1380. The Morgan fingerprint density at radius 3 is 2.65 bits per heavy atom. The predicted molar refractivity (Wildman–Crippen MR) is 125 cm³/mol. The summed E-state index contributed by atoms with van der Waals surface area (Å²) in [7, 11) is 0. The molecular formula is C25H27N3O6. The van der Waals surface area contributed by atoms with Gasteiger partial charge in [-0.1, -0.05) is 20.8 Å². The number of phenols is 1. The highest BCUT2D eigenvalue weighted by atomic mass is 16.7. The molecule has 3 N–H and O–H groups in total. The summed E-state index contributed by atoms with van der Waals surface area (Å²) in [5.41, 5.74) is 10.4. The van der Waals surface area contributed by atoms with Gasteiger partial charge in [0.2, 0.25) is 0 Å². The van der Waals surface area contributed by atoms with Crippen LogP contribution >= 0.6 is 0 Å². The standard InChI is InChI=1S/C25H27N3O6/c1-5-15-16-9-14(29)6-7-19(16)27-22-17(15)10-28-20(22)8-13(4)18(23(28)30)11-33-25(32)34-24(31)21(26)12(2)3/h6-9,12,21,29H,5,10-11,26H2,1-4H3. The molecule has 2 aromatic heterocycles. The molecule has 0 aliphatic carbocycles. The van der Waals surface area contributed by atoms with Gasteiger partial charge in [-0.25, -0.2) is 14.6 Å². The maximum atomic E-state index is 13.3. The fourth-order valence-corrected chi connectivity index (χ4v) is 4.22. The molecule has 9 heteroatoms. The van der Waals surface area contributed by atoms with Gasteiger partial charge in [0.1, 0.15) is 18.4 Å². The number of hydrogen-bond donors (Lipinski definition) is 2. The number of hydrogen-bond acceptors (Lipinski definition) is 8. The van der Waals surface area contributed by atoms with E-state index in [1.165, 1.54) is 0 Å². The molecule has 1 aliphatic rings. The van der Waals surface area contributed by atoms with Gasteiger partial charge in [0, 0.05) is 10.9 Å². The quantitative estimate of drug-likeness (QED) is 0.339. The third kappa shape index (κ3) is 4.03. The number of aromatic hydroxyl groups is 1. The average Bonchev–Trinajstić information content (AvgIpc) is 3.14. The van der Waals surface area contributed by atoms with E-state index < -0.39 is 18.2 Å². The lowest BCUT2D eigenvalue weighted by Gasteiger charge is -2.14. The number of nitrogens with two attached hydrogens (primary N) is 1. The van der Waals surface area contributed by atoms with Crippen molar-refractivity contribution in [2.24, 2.45) is 11.7 Å². The molecule has 0 amide bonds. The van der Waals surface area contributed by atoms with Gasteiger partial charge in [-0.3, -0.25) is 4.79 Å². The molecule has 1 aliphatic heterocycles. The van der Waals surface area contributed by atoms with E-state index in [1.807, 2.05) is 13.0 Å². The number of carbonyl (C=O) groups excluding carboxylic acids is 2. The number of aromatic nitrogens is 2. The molecule has 0 radical (unpaired) electrons. The molecule has 4 rings (SSSR count). The molecule has 1 aromatic carbocycles. The van der Waals surface area contributed by atoms with Crippen molar-refractivity contribution in [2.45, 2.75) is 53.3 Å². The normalized spacial score (nSPS) is 13.0. The second-order valence-corrected chi connectivity index (χ2v) is 8.78. The molecule has 3 heterocycles. The lowest BCUT2D eigenvalue weighted by Crippen LogP contribution is -2.38. The molecule has 178 valence electrons. The Morgan fingerprint density at radius 2 is 1.97 bits per heavy atom. The number of rotatable bonds is 5. The van der Waals surface area contributed by atoms with E-state index in [0.29, 0.717) is 24.2 Å². The van der Waals surface area contributed by atoms with Crippen LogP contribution in [0.3, 0.4) is 0 Å².